The largest absolute Gasteiger partial charge is 0.493 e. The third-order valence-corrected chi connectivity index (χ3v) is 6.93. The highest BCUT2D eigenvalue weighted by atomic mass is 16.5. The summed E-state index contributed by atoms with van der Waals surface area (Å²) in [6.07, 6.45) is 5.39. The summed E-state index contributed by atoms with van der Waals surface area (Å²) >= 11 is 0. The third-order valence-electron chi connectivity index (χ3n) is 6.93. The van der Waals surface area contributed by atoms with E-state index in [1.807, 2.05) is 30.3 Å². The highest BCUT2D eigenvalue weighted by molar-refractivity contribution is 6.00. The fourth-order valence-corrected chi connectivity index (χ4v) is 4.97. The summed E-state index contributed by atoms with van der Waals surface area (Å²) in [6.45, 7) is 2.90. The summed E-state index contributed by atoms with van der Waals surface area (Å²) in [6, 6.07) is 16.2. The Bertz CT molecular complexity index is 1170. The van der Waals surface area contributed by atoms with E-state index in [0.717, 1.165) is 12.0 Å². The molecule has 8 nitrogen and oxygen atoms in total. The fraction of sp³-hybridized carbons (Fsp3) is 0.393. The first-order valence-electron chi connectivity index (χ1n) is 12.4. The lowest BCUT2D eigenvalue weighted by molar-refractivity contribution is -0.128. The van der Waals surface area contributed by atoms with Crippen LogP contribution in [-0.4, -0.2) is 72.6 Å². The van der Waals surface area contributed by atoms with Gasteiger partial charge in [0.25, 0.3) is 5.91 Å². The van der Waals surface area contributed by atoms with Gasteiger partial charge in [-0.2, -0.15) is 5.26 Å². The molecule has 5 rings (SSSR count). The van der Waals surface area contributed by atoms with Crippen molar-refractivity contribution in [3.63, 3.8) is 0 Å². The lowest BCUT2D eigenvalue weighted by atomic mass is 10.1. The van der Waals surface area contributed by atoms with Crippen LogP contribution in [0.2, 0.25) is 0 Å². The molecule has 1 fully saturated rings. The summed E-state index contributed by atoms with van der Waals surface area (Å²) < 4.78 is 12.2. The second-order valence-electron chi connectivity index (χ2n) is 9.40. The third kappa shape index (κ3) is 5.43. The van der Waals surface area contributed by atoms with Crippen molar-refractivity contribution in [1.82, 2.24) is 15.1 Å². The highest BCUT2D eigenvalue weighted by Crippen LogP contribution is 2.25. The van der Waals surface area contributed by atoms with E-state index in [9.17, 15) is 9.59 Å². The van der Waals surface area contributed by atoms with Crippen LogP contribution in [0.15, 0.2) is 60.7 Å². The number of amides is 2. The van der Waals surface area contributed by atoms with Crippen LogP contribution in [0.3, 0.4) is 0 Å². The number of nitriles is 1. The zero-order chi connectivity index (χ0) is 24.9. The molecule has 1 N–H and O–H groups in total. The minimum atomic E-state index is -0.649. The van der Waals surface area contributed by atoms with Gasteiger partial charge in [0.2, 0.25) is 5.91 Å². The van der Waals surface area contributed by atoms with Gasteiger partial charge in [-0.3, -0.25) is 14.5 Å². The Kier molecular flexibility index (Phi) is 7.31. The maximum absolute atomic E-state index is 13.7. The topological polar surface area (TPSA) is 94.9 Å². The lowest BCUT2D eigenvalue weighted by Gasteiger charge is -2.41. The standard InChI is InChI=1S/C28H30N4O4/c29-16-20-8-10-21(11-9-20)18-31-13-14-32-25(19-31)27(33)30-17-23-5-3-4-22(36-23)12-15-35-26-7-2-1-6-24(26)28(32)34/h1-3,5-11,22-23,25H,4,12-15,17-19H2,(H,30,33)/t22-,23-,25-/m0/s1. The molecule has 2 bridgehead atoms. The molecular weight excluding hydrogens is 456 g/mol. The highest BCUT2D eigenvalue weighted by Gasteiger charge is 2.37. The Morgan fingerprint density at radius 1 is 1.08 bits per heavy atom. The molecule has 2 aromatic rings. The van der Waals surface area contributed by atoms with Crippen LogP contribution in [0.25, 0.3) is 0 Å². The van der Waals surface area contributed by atoms with E-state index in [2.05, 4.69) is 22.4 Å². The molecule has 0 radical (unpaired) electrons. The van der Waals surface area contributed by atoms with Crippen molar-refractivity contribution < 1.29 is 19.1 Å². The predicted molar refractivity (Wildman–Crippen MR) is 133 cm³/mol. The summed E-state index contributed by atoms with van der Waals surface area (Å²) in [5.74, 6) is 0.140. The molecule has 3 aliphatic rings. The summed E-state index contributed by atoms with van der Waals surface area (Å²) in [7, 11) is 0. The molecule has 1 saturated heterocycles. The van der Waals surface area contributed by atoms with Gasteiger partial charge >= 0.3 is 0 Å². The van der Waals surface area contributed by atoms with E-state index < -0.39 is 6.04 Å². The van der Waals surface area contributed by atoms with Crippen molar-refractivity contribution in [1.29, 1.82) is 5.26 Å². The Morgan fingerprint density at radius 2 is 1.92 bits per heavy atom. The van der Waals surface area contributed by atoms with Gasteiger partial charge in [-0.1, -0.05) is 36.4 Å². The number of carbonyl (C=O) groups is 2. The number of hydrogen-bond donors (Lipinski definition) is 1. The van der Waals surface area contributed by atoms with E-state index >= 15 is 0 Å². The van der Waals surface area contributed by atoms with Gasteiger partial charge in [0.1, 0.15) is 11.8 Å². The van der Waals surface area contributed by atoms with Gasteiger partial charge in [-0.15, -0.1) is 0 Å². The molecule has 3 atom stereocenters. The number of nitrogens with one attached hydrogen (secondary N) is 1. The first-order chi connectivity index (χ1) is 17.6. The SMILES string of the molecule is N#Cc1ccc(CN2CCN3C(=O)c4ccccc4OCC[C@@H]4CC=C[C@@H](CNC(=O)[C@@H]3C2)O4)cc1. The number of ether oxygens (including phenoxy) is 2. The Morgan fingerprint density at radius 3 is 2.75 bits per heavy atom. The average Bonchev–Trinajstić information content (AvgIpc) is 2.92. The van der Waals surface area contributed by atoms with Crippen molar-refractivity contribution in [3.05, 3.63) is 77.4 Å². The summed E-state index contributed by atoms with van der Waals surface area (Å²) in [5, 5.41) is 12.1. The van der Waals surface area contributed by atoms with Crippen LogP contribution in [0, 0.1) is 11.3 Å². The van der Waals surface area contributed by atoms with E-state index in [4.69, 9.17) is 14.7 Å². The van der Waals surface area contributed by atoms with E-state index in [0.29, 0.717) is 62.6 Å². The van der Waals surface area contributed by atoms with Crippen molar-refractivity contribution in [2.75, 3.05) is 32.8 Å². The van der Waals surface area contributed by atoms with Crippen LogP contribution in [-0.2, 0) is 16.1 Å². The van der Waals surface area contributed by atoms with Crippen LogP contribution in [0.5, 0.6) is 5.75 Å². The minimum Gasteiger partial charge on any atom is -0.493 e. The molecule has 3 aliphatic heterocycles. The fourth-order valence-electron chi connectivity index (χ4n) is 4.97. The van der Waals surface area contributed by atoms with Gasteiger partial charge < -0.3 is 19.7 Å². The second-order valence-corrected chi connectivity index (χ2v) is 9.40. The number of carbonyl (C=O) groups excluding carboxylic acids is 2. The molecule has 0 aromatic heterocycles. The normalized spacial score (nSPS) is 25.0. The number of rotatable bonds is 2. The first kappa shape index (κ1) is 24.0. The zero-order valence-corrected chi connectivity index (χ0v) is 20.1. The molecule has 2 aromatic carbocycles. The number of nitrogens with zero attached hydrogens (tertiary/aromatic N) is 3. The smallest absolute Gasteiger partial charge is 0.258 e. The van der Waals surface area contributed by atoms with E-state index in [1.54, 1.807) is 29.2 Å². The Labute approximate surface area is 211 Å². The zero-order valence-electron chi connectivity index (χ0n) is 20.1. The molecular formula is C28H30N4O4. The number of para-hydroxylation sites is 1. The van der Waals surface area contributed by atoms with Gasteiger partial charge in [0.05, 0.1) is 36.0 Å². The Hall–Kier alpha value is -3.67. The van der Waals surface area contributed by atoms with Crippen LogP contribution in [0.1, 0.15) is 34.3 Å². The second kappa shape index (κ2) is 10.9. The van der Waals surface area contributed by atoms with Gasteiger partial charge in [0, 0.05) is 39.1 Å². The molecule has 3 heterocycles. The molecule has 2 amide bonds. The van der Waals surface area contributed by atoms with Gasteiger partial charge in [-0.05, 0) is 36.2 Å². The quantitative estimate of drug-likeness (QED) is 0.656. The maximum atomic E-state index is 13.7. The van der Waals surface area contributed by atoms with Gasteiger partial charge in [-0.25, -0.2) is 0 Å². The van der Waals surface area contributed by atoms with Crippen molar-refractivity contribution in [2.24, 2.45) is 0 Å². The molecule has 0 unspecified atom stereocenters. The molecule has 36 heavy (non-hydrogen) atoms. The van der Waals surface area contributed by atoms with Gasteiger partial charge in [0.15, 0.2) is 0 Å². The minimum absolute atomic E-state index is 0.0109. The monoisotopic (exact) mass is 486 g/mol. The van der Waals surface area contributed by atoms with Crippen molar-refractivity contribution in [3.8, 4) is 11.8 Å². The predicted octanol–water partition coefficient (Wildman–Crippen LogP) is 2.50. The molecule has 0 aliphatic carbocycles. The number of benzene rings is 2. The lowest BCUT2D eigenvalue weighted by Crippen LogP contribution is -2.61. The van der Waals surface area contributed by atoms with E-state index in [-0.39, 0.29) is 24.0 Å². The molecule has 0 saturated carbocycles. The molecule has 186 valence electrons. The molecule has 8 heteroatoms. The first-order valence-corrected chi connectivity index (χ1v) is 12.4. The Balaban J connectivity index is 1.39. The van der Waals surface area contributed by atoms with Crippen molar-refractivity contribution >= 4 is 11.8 Å². The van der Waals surface area contributed by atoms with Crippen LogP contribution < -0.4 is 10.1 Å². The van der Waals surface area contributed by atoms with Crippen molar-refractivity contribution in [2.45, 2.75) is 37.6 Å². The van der Waals surface area contributed by atoms with E-state index in [1.165, 1.54) is 0 Å². The van der Waals surface area contributed by atoms with Crippen LogP contribution in [0.4, 0.5) is 0 Å². The molecule has 0 spiro atoms. The summed E-state index contributed by atoms with van der Waals surface area (Å²) in [5.41, 5.74) is 2.14. The number of hydrogen-bond acceptors (Lipinski definition) is 6. The van der Waals surface area contributed by atoms with Crippen LogP contribution >= 0.6 is 0 Å². The average molecular weight is 487 g/mol. The number of piperazine rings is 1. The maximum Gasteiger partial charge on any atom is 0.258 e. The number of fused-ring (bicyclic) bond motifs is 4. The summed E-state index contributed by atoms with van der Waals surface area (Å²) in [4.78, 5) is 31.0.